The van der Waals surface area contributed by atoms with Crippen molar-refractivity contribution in [1.82, 2.24) is 10.6 Å². The summed E-state index contributed by atoms with van der Waals surface area (Å²) >= 11 is 0. The van der Waals surface area contributed by atoms with Gasteiger partial charge in [0.05, 0.1) is 12.0 Å². The summed E-state index contributed by atoms with van der Waals surface area (Å²) in [6.07, 6.45) is 4.15. The van der Waals surface area contributed by atoms with Gasteiger partial charge in [-0.15, -0.1) is 0 Å². The van der Waals surface area contributed by atoms with E-state index in [1.165, 1.54) is 0 Å². The molecule has 1 amide bonds. The maximum absolute atomic E-state index is 12.3. The second-order valence-electron chi connectivity index (χ2n) is 5.10. The van der Waals surface area contributed by atoms with Gasteiger partial charge in [0.25, 0.3) is 0 Å². The van der Waals surface area contributed by atoms with Crippen LogP contribution in [0.5, 0.6) is 0 Å². The lowest BCUT2D eigenvalue weighted by molar-refractivity contribution is -0.125. The Kier molecular flexibility index (Phi) is 4.74. The Bertz CT molecular complexity index is 441. The van der Waals surface area contributed by atoms with E-state index in [-0.39, 0.29) is 17.9 Å². The average Bonchev–Trinajstić information content (AvgIpc) is 2.88. The molecule has 1 aromatic carbocycles. The number of amides is 1. The molecule has 0 radical (unpaired) electrons. The molecule has 0 bridgehead atoms. The summed E-state index contributed by atoms with van der Waals surface area (Å²) in [6, 6.07) is 10.1. The molecule has 1 aromatic rings. The Hall–Kier alpha value is -1.61. The van der Waals surface area contributed by atoms with Gasteiger partial charge in [-0.1, -0.05) is 42.5 Å². The third kappa shape index (κ3) is 3.44. The second kappa shape index (κ2) is 6.53. The van der Waals surface area contributed by atoms with Crippen molar-refractivity contribution in [3.05, 3.63) is 48.0 Å². The van der Waals surface area contributed by atoms with Gasteiger partial charge in [0.15, 0.2) is 0 Å². The van der Waals surface area contributed by atoms with Crippen LogP contribution in [0.2, 0.25) is 0 Å². The van der Waals surface area contributed by atoms with Crippen LogP contribution in [0.25, 0.3) is 0 Å². The lowest BCUT2D eigenvalue weighted by Crippen LogP contribution is -2.36. The normalized spacial score (nSPS) is 24.5. The van der Waals surface area contributed by atoms with Gasteiger partial charge in [-0.2, -0.15) is 0 Å². The van der Waals surface area contributed by atoms with Gasteiger partial charge >= 0.3 is 0 Å². The zero-order chi connectivity index (χ0) is 13.7. The molecule has 0 saturated carbocycles. The zero-order valence-electron chi connectivity index (χ0n) is 11.6. The number of benzene rings is 1. The molecule has 2 rings (SSSR count). The van der Waals surface area contributed by atoms with E-state index in [9.17, 15) is 4.79 Å². The van der Waals surface area contributed by atoms with E-state index in [2.05, 4.69) is 16.7 Å². The van der Waals surface area contributed by atoms with Gasteiger partial charge in [0.2, 0.25) is 5.91 Å². The maximum Gasteiger partial charge on any atom is 0.225 e. The highest BCUT2D eigenvalue weighted by molar-refractivity contribution is 5.80. The Labute approximate surface area is 115 Å². The van der Waals surface area contributed by atoms with Crippen molar-refractivity contribution in [3.63, 3.8) is 0 Å². The topological polar surface area (TPSA) is 41.1 Å². The summed E-state index contributed by atoms with van der Waals surface area (Å²) in [5.74, 6) is 0.500. The number of carbonyl (C=O) groups is 1. The van der Waals surface area contributed by atoms with Gasteiger partial charge < -0.3 is 10.6 Å². The van der Waals surface area contributed by atoms with Gasteiger partial charge in [-0.25, -0.2) is 0 Å². The predicted molar refractivity (Wildman–Crippen MR) is 77.7 cm³/mol. The summed E-state index contributed by atoms with van der Waals surface area (Å²) in [5, 5.41) is 6.40. The van der Waals surface area contributed by atoms with E-state index in [0.717, 1.165) is 18.7 Å². The second-order valence-corrected chi connectivity index (χ2v) is 5.10. The monoisotopic (exact) mass is 258 g/mol. The Morgan fingerprint density at radius 3 is 2.79 bits per heavy atom. The Balaban J connectivity index is 1.97. The highest BCUT2D eigenvalue weighted by atomic mass is 16.2. The van der Waals surface area contributed by atoms with Crippen molar-refractivity contribution in [3.8, 4) is 0 Å². The van der Waals surface area contributed by atoms with Crippen LogP contribution in [-0.2, 0) is 4.79 Å². The Morgan fingerprint density at radius 1 is 1.37 bits per heavy atom. The molecule has 1 aliphatic heterocycles. The highest BCUT2D eigenvalue weighted by Crippen LogP contribution is 2.20. The average molecular weight is 258 g/mol. The number of hydrogen-bond donors (Lipinski definition) is 2. The Morgan fingerprint density at radius 2 is 2.11 bits per heavy atom. The van der Waals surface area contributed by atoms with Crippen LogP contribution >= 0.6 is 0 Å². The van der Waals surface area contributed by atoms with Crippen LogP contribution in [0, 0.1) is 11.8 Å². The first-order valence-corrected chi connectivity index (χ1v) is 6.91. The first-order chi connectivity index (χ1) is 9.22. The van der Waals surface area contributed by atoms with E-state index in [1.807, 2.05) is 50.3 Å². The molecular formula is C16H22N2O. The predicted octanol–water partition coefficient (Wildman–Crippen LogP) is 2.28. The molecule has 1 aliphatic rings. The summed E-state index contributed by atoms with van der Waals surface area (Å²) in [6.45, 7) is 5.69. The van der Waals surface area contributed by atoms with E-state index in [1.54, 1.807) is 0 Å². The summed E-state index contributed by atoms with van der Waals surface area (Å²) < 4.78 is 0. The van der Waals surface area contributed by atoms with Crippen molar-refractivity contribution in [2.75, 3.05) is 13.1 Å². The molecule has 3 heteroatoms. The summed E-state index contributed by atoms with van der Waals surface area (Å²) in [5.41, 5.74) is 1.14. The molecule has 0 aliphatic carbocycles. The van der Waals surface area contributed by atoms with Crippen molar-refractivity contribution in [1.29, 1.82) is 0 Å². The number of nitrogens with one attached hydrogen (secondary N) is 2. The molecule has 1 saturated heterocycles. The van der Waals surface area contributed by atoms with Gasteiger partial charge in [0.1, 0.15) is 0 Å². The maximum atomic E-state index is 12.3. The first kappa shape index (κ1) is 13.8. The number of rotatable bonds is 4. The van der Waals surface area contributed by atoms with Crippen molar-refractivity contribution >= 4 is 5.91 Å². The number of carbonyl (C=O) groups excluding carboxylic acids is 1. The SMILES string of the molecule is C/C=C/[C@@H]1CNC[C@H]1C(=O)N[C@@H](C)c1ccccc1. The molecule has 1 heterocycles. The van der Waals surface area contributed by atoms with Crippen LogP contribution in [0.4, 0.5) is 0 Å². The van der Waals surface area contributed by atoms with Crippen LogP contribution in [0.15, 0.2) is 42.5 Å². The van der Waals surface area contributed by atoms with Crippen LogP contribution in [0.1, 0.15) is 25.5 Å². The molecule has 3 atom stereocenters. The van der Waals surface area contributed by atoms with Gasteiger partial charge in [-0.05, 0) is 19.4 Å². The molecule has 0 aromatic heterocycles. The summed E-state index contributed by atoms with van der Waals surface area (Å²) in [7, 11) is 0. The fraction of sp³-hybridized carbons (Fsp3) is 0.438. The minimum Gasteiger partial charge on any atom is -0.349 e. The molecule has 0 spiro atoms. The zero-order valence-corrected chi connectivity index (χ0v) is 11.6. The van der Waals surface area contributed by atoms with Crippen LogP contribution in [-0.4, -0.2) is 19.0 Å². The van der Waals surface area contributed by atoms with Gasteiger partial charge in [0, 0.05) is 19.0 Å². The van der Waals surface area contributed by atoms with Crippen molar-refractivity contribution in [2.24, 2.45) is 11.8 Å². The lowest BCUT2D eigenvalue weighted by Gasteiger charge is -2.19. The van der Waals surface area contributed by atoms with Crippen LogP contribution < -0.4 is 10.6 Å². The molecule has 3 nitrogen and oxygen atoms in total. The van der Waals surface area contributed by atoms with E-state index in [4.69, 9.17) is 0 Å². The first-order valence-electron chi connectivity index (χ1n) is 6.91. The molecular weight excluding hydrogens is 236 g/mol. The van der Waals surface area contributed by atoms with E-state index in [0.29, 0.717) is 5.92 Å². The van der Waals surface area contributed by atoms with Crippen molar-refractivity contribution in [2.45, 2.75) is 19.9 Å². The summed E-state index contributed by atoms with van der Waals surface area (Å²) in [4.78, 5) is 12.3. The third-order valence-corrected chi connectivity index (χ3v) is 3.70. The van der Waals surface area contributed by atoms with Crippen molar-refractivity contribution < 1.29 is 4.79 Å². The standard InChI is InChI=1S/C16H22N2O/c1-3-7-14-10-17-11-15(14)16(19)18-12(2)13-8-5-4-6-9-13/h3-9,12,14-15,17H,10-11H2,1-2H3,(H,18,19)/b7-3+/t12-,14+,15+/m0/s1. The third-order valence-electron chi connectivity index (χ3n) is 3.70. The molecule has 19 heavy (non-hydrogen) atoms. The lowest BCUT2D eigenvalue weighted by atomic mass is 9.94. The molecule has 102 valence electrons. The smallest absolute Gasteiger partial charge is 0.225 e. The van der Waals surface area contributed by atoms with Crippen LogP contribution in [0.3, 0.4) is 0 Å². The number of allylic oxidation sites excluding steroid dienone is 1. The van der Waals surface area contributed by atoms with E-state index >= 15 is 0 Å². The fourth-order valence-corrected chi connectivity index (χ4v) is 2.58. The minimum atomic E-state index is 0.0439. The molecule has 2 N–H and O–H groups in total. The fourth-order valence-electron chi connectivity index (χ4n) is 2.58. The van der Waals surface area contributed by atoms with Gasteiger partial charge in [-0.3, -0.25) is 4.79 Å². The quantitative estimate of drug-likeness (QED) is 0.813. The minimum absolute atomic E-state index is 0.0439. The largest absolute Gasteiger partial charge is 0.349 e. The number of hydrogen-bond acceptors (Lipinski definition) is 2. The van der Waals surface area contributed by atoms with E-state index < -0.39 is 0 Å². The molecule has 1 fully saturated rings. The highest BCUT2D eigenvalue weighted by Gasteiger charge is 2.31. The molecule has 0 unspecified atom stereocenters.